The van der Waals surface area contributed by atoms with E-state index >= 15 is 0 Å². The molecule has 1 amide bonds. The molecule has 0 aromatic carbocycles. The number of anilines is 1. The van der Waals surface area contributed by atoms with Crippen molar-refractivity contribution in [1.82, 2.24) is 19.6 Å². The van der Waals surface area contributed by atoms with E-state index in [1.54, 1.807) is 24.4 Å². The van der Waals surface area contributed by atoms with E-state index in [1.807, 2.05) is 0 Å². The molecule has 0 bridgehead atoms. The van der Waals surface area contributed by atoms with E-state index in [9.17, 15) is 13.2 Å². The first-order valence-electron chi connectivity index (χ1n) is 10.6. The van der Waals surface area contributed by atoms with Gasteiger partial charge in [0.15, 0.2) is 5.82 Å². The molecule has 0 unspecified atom stereocenters. The number of carbonyl (C=O) groups is 1. The molecular formula is C20H23N5O5S2. The zero-order valence-electron chi connectivity index (χ0n) is 17.5. The maximum absolute atomic E-state index is 13.2. The second-order valence-electron chi connectivity index (χ2n) is 8.25. The van der Waals surface area contributed by atoms with E-state index in [4.69, 9.17) is 9.05 Å². The molecule has 4 heterocycles. The Balaban J connectivity index is 1.28. The number of amides is 1. The number of aromatic nitrogens is 3. The number of rotatable bonds is 6. The largest absolute Gasteiger partial charge is 0.360 e. The van der Waals surface area contributed by atoms with Gasteiger partial charge in [0.1, 0.15) is 9.97 Å². The third kappa shape index (κ3) is 4.09. The van der Waals surface area contributed by atoms with Crippen molar-refractivity contribution in [2.24, 2.45) is 5.92 Å². The SMILES string of the molecule is Cc1cc(NC(=O)[C@H]2CCCN(S(=O)(=O)c3cc(-c4noc(C5CCC5)n4)cs3)C2)no1. The second kappa shape index (κ2) is 8.41. The van der Waals surface area contributed by atoms with Gasteiger partial charge in [-0.3, -0.25) is 4.79 Å². The van der Waals surface area contributed by atoms with Crippen molar-refractivity contribution < 1.29 is 22.3 Å². The molecule has 2 aliphatic rings. The summed E-state index contributed by atoms with van der Waals surface area (Å²) < 4.78 is 38.4. The van der Waals surface area contributed by atoms with Gasteiger partial charge in [-0.05, 0) is 38.7 Å². The van der Waals surface area contributed by atoms with Gasteiger partial charge in [0.2, 0.25) is 17.6 Å². The van der Waals surface area contributed by atoms with Crippen LogP contribution in [0.1, 0.15) is 49.7 Å². The number of carbonyl (C=O) groups excluding carboxylic acids is 1. The van der Waals surface area contributed by atoms with Crippen LogP contribution in [-0.2, 0) is 14.8 Å². The van der Waals surface area contributed by atoms with Crippen molar-refractivity contribution in [3.05, 3.63) is 29.2 Å². The highest BCUT2D eigenvalue weighted by Crippen LogP contribution is 2.37. The third-order valence-corrected chi connectivity index (χ3v) is 9.24. The van der Waals surface area contributed by atoms with Crippen molar-refractivity contribution in [1.29, 1.82) is 0 Å². The molecule has 3 aromatic rings. The number of thiophene rings is 1. The van der Waals surface area contributed by atoms with Crippen molar-refractivity contribution in [3.8, 4) is 11.4 Å². The first-order valence-corrected chi connectivity index (χ1v) is 12.9. The number of hydrogen-bond acceptors (Lipinski definition) is 9. The van der Waals surface area contributed by atoms with Gasteiger partial charge in [-0.1, -0.05) is 16.7 Å². The van der Waals surface area contributed by atoms with Gasteiger partial charge in [-0.15, -0.1) is 11.3 Å². The highest BCUT2D eigenvalue weighted by molar-refractivity contribution is 7.91. The van der Waals surface area contributed by atoms with Crippen molar-refractivity contribution in [3.63, 3.8) is 0 Å². The third-order valence-electron chi connectivity index (χ3n) is 5.96. The average molecular weight is 478 g/mol. The highest BCUT2D eigenvalue weighted by Gasteiger charge is 2.35. The lowest BCUT2D eigenvalue weighted by atomic mass is 9.85. The standard InChI is InChI=1S/C20H23N5O5S2/c1-12-8-16(23-29-12)21-19(26)14-6-3-7-25(10-14)32(27,28)17-9-15(11-31-17)18-22-20(30-24-18)13-4-2-5-13/h8-9,11,13-14H,2-7,10H2,1H3,(H,21,23,26)/t14-/m0/s1. The van der Waals surface area contributed by atoms with Gasteiger partial charge in [0, 0.05) is 36.0 Å². The van der Waals surface area contributed by atoms with Crippen LogP contribution in [0.4, 0.5) is 5.82 Å². The highest BCUT2D eigenvalue weighted by atomic mass is 32.2. The van der Waals surface area contributed by atoms with Crippen LogP contribution in [0.5, 0.6) is 0 Å². The molecule has 12 heteroatoms. The molecule has 5 rings (SSSR count). The van der Waals surface area contributed by atoms with Crippen molar-refractivity contribution >= 4 is 33.1 Å². The summed E-state index contributed by atoms with van der Waals surface area (Å²) in [6, 6.07) is 3.20. The molecule has 1 aliphatic heterocycles. The molecular weight excluding hydrogens is 454 g/mol. The quantitative estimate of drug-likeness (QED) is 0.571. The molecule has 170 valence electrons. The van der Waals surface area contributed by atoms with E-state index < -0.39 is 15.9 Å². The number of hydrogen-bond donors (Lipinski definition) is 1. The Bertz CT molecular complexity index is 1230. The van der Waals surface area contributed by atoms with Crippen LogP contribution in [0.2, 0.25) is 0 Å². The molecule has 0 spiro atoms. The summed E-state index contributed by atoms with van der Waals surface area (Å²) in [6.45, 7) is 2.22. The minimum atomic E-state index is -3.74. The fourth-order valence-electron chi connectivity index (χ4n) is 3.90. The lowest BCUT2D eigenvalue weighted by molar-refractivity contribution is -0.120. The molecule has 1 atom stereocenters. The van der Waals surface area contributed by atoms with E-state index in [1.165, 1.54) is 4.31 Å². The van der Waals surface area contributed by atoms with Crippen LogP contribution in [-0.4, -0.2) is 47.0 Å². The average Bonchev–Trinajstić information content (AvgIpc) is 3.48. The Kier molecular flexibility index (Phi) is 5.59. The van der Waals surface area contributed by atoms with Gasteiger partial charge < -0.3 is 14.4 Å². The van der Waals surface area contributed by atoms with Crippen LogP contribution >= 0.6 is 11.3 Å². The molecule has 3 aromatic heterocycles. The number of sulfonamides is 1. The summed E-state index contributed by atoms with van der Waals surface area (Å²) >= 11 is 1.12. The second-order valence-corrected chi connectivity index (χ2v) is 11.3. The fourth-order valence-corrected chi connectivity index (χ4v) is 6.73. The summed E-state index contributed by atoms with van der Waals surface area (Å²) in [5.74, 6) is 1.53. The molecule has 1 N–H and O–H groups in total. The fraction of sp³-hybridized carbons (Fsp3) is 0.500. The zero-order valence-corrected chi connectivity index (χ0v) is 19.1. The number of nitrogens with zero attached hydrogens (tertiary/aromatic N) is 4. The predicted molar refractivity (Wildman–Crippen MR) is 116 cm³/mol. The van der Waals surface area contributed by atoms with E-state index in [2.05, 4.69) is 20.6 Å². The van der Waals surface area contributed by atoms with Crippen molar-refractivity contribution in [2.45, 2.75) is 49.2 Å². The van der Waals surface area contributed by atoms with Crippen LogP contribution in [0.3, 0.4) is 0 Å². The zero-order chi connectivity index (χ0) is 22.3. The Morgan fingerprint density at radius 1 is 1.19 bits per heavy atom. The smallest absolute Gasteiger partial charge is 0.252 e. The molecule has 32 heavy (non-hydrogen) atoms. The molecule has 1 aliphatic carbocycles. The van der Waals surface area contributed by atoms with E-state index in [-0.39, 0.29) is 16.7 Å². The predicted octanol–water partition coefficient (Wildman–Crippen LogP) is 3.40. The summed E-state index contributed by atoms with van der Waals surface area (Å²) in [4.78, 5) is 17.1. The Morgan fingerprint density at radius 3 is 2.75 bits per heavy atom. The topological polar surface area (TPSA) is 131 Å². The van der Waals surface area contributed by atoms with Crippen molar-refractivity contribution in [2.75, 3.05) is 18.4 Å². The van der Waals surface area contributed by atoms with E-state index in [0.717, 1.165) is 30.6 Å². The first-order chi connectivity index (χ1) is 15.4. The summed E-state index contributed by atoms with van der Waals surface area (Å²) in [5.41, 5.74) is 0.621. The molecule has 1 saturated heterocycles. The van der Waals surface area contributed by atoms with E-state index in [0.29, 0.717) is 54.2 Å². The number of nitrogens with one attached hydrogen (secondary N) is 1. The minimum Gasteiger partial charge on any atom is -0.360 e. The van der Waals surface area contributed by atoms with Gasteiger partial charge in [0.05, 0.1) is 5.92 Å². The summed E-state index contributed by atoms with van der Waals surface area (Å²) in [5, 5.41) is 12.2. The van der Waals surface area contributed by atoms with Crippen LogP contribution in [0, 0.1) is 12.8 Å². The van der Waals surface area contributed by atoms with Gasteiger partial charge in [0.25, 0.3) is 10.0 Å². The molecule has 1 saturated carbocycles. The van der Waals surface area contributed by atoms with Gasteiger partial charge in [-0.2, -0.15) is 9.29 Å². The minimum absolute atomic E-state index is 0.117. The summed E-state index contributed by atoms with van der Waals surface area (Å²) in [6.07, 6.45) is 4.46. The Labute approximate surface area is 189 Å². The van der Waals surface area contributed by atoms with Crippen LogP contribution in [0.15, 0.2) is 30.8 Å². The Hall–Kier alpha value is -2.57. The number of aryl methyl sites for hydroxylation is 1. The van der Waals surface area contributed by atoms with Crippen LogP contribution < -0.4 is 5.32 Å². The molecule has 2 fully saturated rings. The lowest BCUT2D eigenvalue weighted by Gasteiger charge is -2.30. The van der Waals surface area contributed by atoms with Gasteiger partial charge in [-0.25, -0.2) is 8.42 Å². The maximum atomic E-state index is 13.2. The normalized spacial score (nSPS) is 20.2. The lowest BCUT2D eigenvalue weighted by Crippen LogP contribution is -2.43. The monoisotopic (exact) mass is 477 g/mol. The molecule has 10 nitrogen and oxygen atoms in total. The van der Waals surface area contributed by atoms with Gasteiger partial charge >= 0.3 is 0 Å². The Morgan fingerprint density at radius 2 is 2.03 bits per heavy atom. The molecule has 0 radical (unpaired) electrons. The first kappa shape index (κ1) is 21.3. The van der Waals surface area contributed by atoms with Crippen LogP contribution in [0.25, 0.3) is 11.4 Å². The maximum Gasteiger partial charge on any atom is 0.252 e. The number of piperidine rings is 1. The summed E-state index contributed by atoms with van der Waals surface area (Å²) in [7, 11) is -3.74.